The summed E-state index contributed by atoms with van der Waals surface area (Å²) in [6.07, 6.45) is 5.10. The molecule has 0 radical (unpaired) electrons. The molecule has 1 aliphatic carbocycles. The van der Waals surface area contributed by atoms with E-state index in [1.165, 1.54) is 17.4 Å². The molecule has 1 aromatic heterocycles. The molecule has 2 aromatic rings. The third-order valence-electron chi connectivity index (χ3n) is 4.81. The van der Waals surface area contributed by atoms with Gasteiger partial charge in [0.2, 0.25) is 0 Å². The predicted molar refractivity (Wildman–Crippen MR) is 122 cm³/mol. The van der Waals surface area contributed by atoms with Crippen molar-refractivity contribution in [3.63, 3.8) is 0 Å². The fourth-order valence-corrected chi connectivity index (χ4v) is 4.92. The monoisotopic (exact) mass is 458 g/mol. The highest BCUT2D eigenvalue weighted by atomic mass is 35.5. The lowest BCUT2D eigenvalue weighted by atomic mass is 9.95. The Labute approximate surface area is 190 Å². The number of hydrogen-bond acceptors (Lipinski definition) is 6. The summed E-state index contributed by atoms with van der Waals surface area (Å²) >= 11 is 7.46. The number of anilines is 1. The first kappa shape index (κ1) is 22.9. The molecule has 0 saturated heterocycles. The van der Waals surface area contributed by atoms with Gasteiger partial charge in [-0.3, -0.25) is 4.79 Å². The second-order valence-electron chi connectivity index (χ2n) is 6.87. The van der Waals surface area contributed by atoms with Crippen LogP contribution in [0.2, 0.25) is 5.02 Å². The second-order valence-corrected chi connectivity index (χ2v) is 8.42. The fourth-order valence-electron chi connectivity index (χ4n) is 3.47. The highest BCUT2D eigenvalue weighted by Gasteiger charge is 2.27. The number of nitriles is 1. The summed E-state index contributed by atoms with van der Waals surface area (Å²) in [5.41, 5.74) is 1.76. The van der Waals surface area contributed by atoms with Crippen LogP contribution in [0, 0.1) is 11.3 Å². The van der Waals surface area contributed by atoms with Gasteiger partial charge in [-0.15, -0.1) is 11.3 Å². The van der Waals surface area contributed by atoms with E-state index in [1.54, 1.807) is 25.1 Å². The molecule has 0 spiro atoms. The van der Waals surface area contributed by atoms with Crippen LogP contribution < -0.4 is 10.1 Å². The maximum Gasteiger partial charge on any atom is 0.341 e. The quantitative estimate of drug-likeness (QED) is 0.341. The van der Waals surface area contributed by atoms with Crippen molar-refractivity contribution < 1.29 is 19.1 Å². The van der Waals surface area contributed by atoms with Crippen LogP contribution in [0.3, 0.4) is 0 Å². The van der Waals surface area contributed by atoms with Crippen LogP contribution in [0.15, 0.2) is 23.8 Å². The summed E-state index contributed by atoms with van der Waals surface area (Å²) < 4.78 is 10.8. The van der Waals surface area contributed by atoms with Crippen LogP contribution in [0.25, 0.3) is 6.08 Å². The van der Waals surface area contributed by atoms with Gasteiger partial charge in [0.1, 0.15) is 22.4 Å². The minimum Gasteiger partial charge on any atom is -0.493 e. The topological polar surface area (TPSA) is 88.4 Å². The number of thiophene rings is 1. The standard InChI is InChI=1S/C23H23ClN2O4S/c1-3-29-18-10-9-16(24)12-14(18)11-15(13-25)21(27)26-22-20(23(28)30-4-2)17-7-5-6-8-19(17)31-22/h9-12H,3-8H2,1-2H3,(H,26,27)/b15-11+. The van der Waals surface area contributed by atoms with Crippen LogP contribution in [-0.2, 0) is 22.4 Å². The zero-order valence-corrected chi connectivity index (χ0v) is 19.0. The van der Waals surface area contributed by atoms with Crippen molar-refractivity contribution in [1.29, 1.82) is 5.26 Å². The number of carbonyl (C=O) groups is 2. The highest BCUT2D eigenvalue weighted by molar-refractivity contribution is 7.17. The Bertz CT molecular complexity index is 1070. The molecule has 1 N–H and O–H groups in total. The third kappa shape index (κ3) is 5.27. The number of rotatable bonds is 7. The maximum atomic E-state index is 12.9. The van der Waals surface area contributed by atoms with E-state index in [9.17, 15) is 14.9 Å². The van der Waals surface area contributed by atoms with E-state index >= 15 is 0 Å². The van der Waals surface area contributed by atoms with E-state index in [0.29, 0.717) is 33.5 Å². The molecule has 0 atom stereocenters. The molecule has 6 nitrogen and oxygen atoms in total. The number of amides is 1. The van der Waals surface area contributed by atoms with Gasteiger partial charge in [0, 0.05) is 15.5 Å². The molecule has 162 valence electrons. The number of fused-ring (bicyclic) bond motifs is 1. The predicted octanol–water partition coefficient (Wildman–Crippen LogP) is 5.40. The molecule has 8 heteroatoms. The second kappa shape index (κ2) is 10.5. The van der Waals surface area contributed by atoms with Gasteiger partial charge in [0.05, 0.1) is 18.8 Å². The zero-order chi connectivity index (χ0) is 22.4. The molecule has 3 rings (SSSR count). The van der Waals surface area contributed by atoms with Crippen LogP contribution in [0.4, 0.5) is 5.00 Å². The Morgan fingerprint density at radius 3 is 2.74 bits per heavy atom. The molecule has 0 unspecified atom stereocenters. The van der Waals surface area contributed by atoms with Crippen molar-refractivity contribution in [2.24, 2.45) is 0 Å². The lowest BCUT2D eigenvalue weighted by molar-refractivity contribution is -0.112. The molecule has 0 fully saturated rings. The van der Waals surface area contributed by atoms with Crippen LogP contribution in [-0.4, -0.2) is 25.1 Å². The number of aryl methyl sites for hydroxylation is 1. The van der Waals surface area contributed by atoms with Gasteiger partial charge in [0.15, 0.2) is 0 Å². The van der Waals surface area contributed by atoms with E-state index in [0.717, 1.165) is 36.1 Å². The number of halogens is 1. The largest absolute Gasteiger partial charge is 0.493 e. The number of benzene rings is 1. The Morgan fingerprint density at radius 2 is 2.03 bits per heavy atom. The summed E-state index contributed by atoms with van der Waals surface area (Å²) in [4.78, 5) is 26.6. The van der Waals surface area contributed by atoms with Gasteiger partial charge in [-0.2, -0.15) is 5.26 Å². The van der Waals surface area contributed by atoms with E-state index in [4.69, 9.17) is 21.1 Å². The van der Waals surface area contributed by atoms with Gasteiger partial charge < -0.3 is 14.8 Å². The van der Waals surface area contributed by atoms with Gasteiger partial charge in [0.25, 0.3) is 5.91 Å². The number of ether oxygens (including phenoxy) is 2. The zero-order valence-electron chi connectivity index (χ0n) is 17.4. The minimum atomic E-state index is -0.603. The average Bonchev–Trinajstić information content (AvgIpc) is 3.11. The first-order valence-corrected chi connectivity index (χ1v) is 11.3. The summed E-state index contributed by atoms with van der Waals surface area (Å²) in [5, 5.41) is 13.3. The summed E-state index contributed by atoms with van der Waals surface area (Å²) in [5.74, 6) is -0.534. The summed E-state index contributed by atoms with van der Waals surface area (Å²) in [7, 11) is 0. The molecule has 0 saturated carbocycles. The number of nitrogens with zero attached hydrogens (tertiary/aromatic N) is 1. The Kier molecular flexibility index (Phi) is 7.72. The maximum absolute atomic E-state index is 12.9. The third-order valence-corrected chi connectivity index (χ3v) is 6.26. The number of nitrogens with one attached hydrogen (secondary N) is 1. The molecule has 1 heterocycles. The van der Waals surface area contributed by atoms with Crippen molar-refractivity contribution in [3.05, 3.63) is 50.4 Å². The van der Waals surface area contributed by atoms with Crippen LogP contribution >= 0.6 is 22.9 Å². The van der Waals surface area contributed by atoms with Crippen molar-refractivity contribution in [1.82, 2.24) is 0 Å². The van der Waals surface area contributed by atoms with E-state index < -0.39 is 11.9 Å². The normalized spacial score (nSPS) is 13.2. The molecule has 31 heavy (non-hydrogen) atoms. The lowest BCUT2D eigenvalue weighted by Crippen LogP contribution is -2.16. The van der Waals surface area contributed by atoms with E-state index in [-0.39, 0.29) is 12.2 Å². The van der Waals surface area contributed by atoms with Crippen LogP contribution in [0.5, 0.6) is 5.75 Å². The van der Waals surface area contributed by atoms with Gasteiger partial charge in [-0.05, 0) is 69.4 Å². The van der Waals surface area contributed by atoms with Crippen molar-refractivity contribution in [2.45, 2.75) is 39.5 Å². The van der Waals surface area contributed by atoms with Crippen molar-refractivity contribution in [3.8, 4) is 11.8 Å². The van der Waals surface area contributed by atoms with Crippen molar-refractivity contribution >= 4 is 45.9 Å². The van der Waals surface area contributed by atoms with E-state index in [1.807, 2.05) is 13.0 Å². The van der Waals surface area contributed by atoms with Crippen LogP contribution in [0.1, 0.15) is 53.1 Å². The number of carbonyl (C=O) groups excluding carboxylic acids is 2. The smallest absolute Gasteiger partial charge is 0.341 e. The Balaban J connectivity index is 1.94. The molecule has 1 aromatic carbocycles. The lowest BCUT2D eigenvalue weighted by Gasteiger charge is -2.12. The molecule has 0 aliphatic heterocycles. The molecule has 0 bridgehead atoms. The van der Waals surface area contributed by atoms with Gasteiger partial charge >= 0.3 is 5.97 Å². The average molecular weight is 459 g/mol. The molecular weight excluding hydrogens is 436 g/mol. The number of hydrogen-bond donors (Lipinski definition) is 1. The first-order chi connectivity index (χ1) is 15.0. The summed E-state index contributed by atoms with van der Waals surface area (Å²) in [6, 6.07) is 6.93. The Hall–Kier alpha value is -2.82. The SMILES string of the molecule is CCOC(=O)c1c(NC(=O)/C(C#N)=C/c2cc(Cl)ccc2OCC)sc2c1CCCC2. The Morgan fingerprint density at radius 1 is 1.26 bits per heavy atom. The number of esters is 1. The minimum absolute atomic E-state index is 0.121. The fraction of sp³-hybridized carbons (Fsp3) is 0.348. The summed E-state index contributed by atoms with van der Waals surface area (Å²) in [6.45, 7) is 4.26. The molecular formula is C23H23ClN2O4S. The first-order valence-electron chi connectivity index (χ1n) is 10.2. The van der Waals surface area contributed by atoms with E-state index in [2.05, 4.69) is 5.32 Å². The molecule has 1 aliphatic rings. The van der Waals surface area contributed by atoms with Gasteiger partial charge in [-0.25, -0.2) is 4.79 Å². The molecule has 1 amide bonds. The highest BCUT2D eigenvalue weighted by Crippen LogP contribution is 2.39. The van der Waals surface area contributed by atoms with Crippen molar-refractivity contribution in [2.75, 3.05) is 18.5 Å². The van der Waals surface area contributed by atoms with Gasteiger partial charge in [-0.1, -0.05) is 11.6 Å².